The van der Waals surface area contributed by atoms with Crippen LogP contribution >= 0.6 is 11.8 Å². The molecule has 0 aliphatic carbocycles. The van der Waals surface area contributed by atoms with Crippen molar-refractivity contribution in [1.82, 2.24) is 25.1 Å². The molecule has 154 valence electrons. The van der Waals surface area contributed by atoms with Crippen LogP contribution in [-0.4, -0.2) is 37.7 Å². The Hall–Kier alpha value is -3.13. The number of thioether (sulfide) groups is 1. The molecule has 0 fully saturated rings. The van der Waals surface area contributed by atoms with Gasteiger partial charge in [-0.25, -0.2) is 10.1 Å². The van der Waals surface area contributed by atoms with Gasteiger partial charge < -0.3 is 9.88 Å². The summed E-state index contributed by atoms with van der Waals surface area (Å²) in [4.78, 5) is 29.7. The summed E-state index contributed by atoms with van der Waals surface area (Å²) >= 11 is 1.73. The first-order valence-electron chi connectivity index (χ1n) is 9.74. The first kappa shape index (κ1) is 20.2. The Morgan fingerprint density at radius 3 is 2.67 bits per heavy atom. The SMILES string of the molecule is CSCC[C@H](NC(=O)Cc1n[nH]c(=O)c2ccccc12)c1nc2ccccc2n1C. The summed E-state index contributed by atoms with van der Waals surface area (Å²) in [7, 11) is 1.97. The maximum atomic E-state index is 12.9. The summed E-state index contributed by atoms with van der Waals surface area (Å²) in [5, 5.41) is 11.0. The fraction of sp³-hybridized carbons (Fsp3) is 0.273. The van der Waals surface area contributed by atoms with Crippen molar-refractivity contribution in [3.05, 3.63) is 70.4 Å². The van der Waals surface area contributed by atoms with Crippen molar-refractivity contribution in [1.29, 1.82) is 0 Å². The predicted molar refractivity (Wildman–Crippen MR) is 121 cm³/mol. The number of aryl methyl sites for hydroxylation is 1. The number of rotatable bonds is 7. The van der Waals surface area contributed by atoms with E-state index >= 15 is 0 Å². The number of carbonyl (C=O) groups excluding carboxylic acids is 1. The van der Waals surface area contributed by atoms with Gasteiger partial charge in [-0.1, -0.05) is 30.3 Å². The fourth-order valence-electron chi connectivity index (χ4n) is 3.68. The summed E-state index contributed by atoms with van der Waals surface area (Å²) in [5.74, 6) is 1.57. The van der Waals surface area contributed by atoms with E-state index in [1.54, 1.807) is 23.9 Å². The number of nitrogens with one attached hydrogen (secondary N) is 2. The Balaban J connectivity index is 1.61. The molecular weight excluding hydrogens is 398 g/mol. The molecule has 4 aromatic rings. The Labute approximate surface area is 177 Å². The zero-order valence-electron chi connectivity index (χ0n) is 16.9. The van der Waals surface area contributed by atoms with Gasteiger partial charge in [0.1, 0.15) is 5.82 Å². The molecule has 0 aliphatic heterocycles. The van der Waals surface area contributed by atoms with Crippen LogP contribution in [0.4, 0.5) is 0 Å². The molecule has 0 aliphatic rings. The monoisotopic (exact) mass is 421 g/mol. The summed E-state index contributed by atoms with van der Waals surface area (Å²) in [6, 6.07) is 14.9. The van der Waals surface area contributed by atoms with E-state index in [1.165, 1.54) is 0 Å². The highest BCUT2D eigenvalue weighted by Gasteiger charge is 2.21. The Morgan fingerprint density at radius 2 is 1.90 bits per heavy atom. The van der Waals surface area contributed by atoms with Crippen molar-refractivity contribution in [3.63, 3.8) is 0 Å². The third kappa shape index (κ3) is 3.95. The molecule has 0 spiro atoms. The van der Waals surface area contributed by atoms with Crippen LogP contribution in [0.5, 0.6) is 0 Å². The van der Waals surface area contributed by atoms with Crippen molar-refractivity contribution in [3.8, 4) is 0 Å². The molecule has 0 unspecified atom stereocenters. The second-order valence-electron chi connectivity index (χ2n) is 7.14. The highest BCUT2D eigenvalue weighted by Crippen LogP contribution is 2.23. The third-order valence-corrected chi connectivity index (χ3v) is 5.83. The van der Waals surface area contributed by atoms with Crippen molar-refractivity contribution < 1.29 is 4.79 Å². The molecule has 2 heterocycles. The largest absolute Gasteiger partial charge is 0.346 e. The molecule has 1 atom stereocenters. The lowest BCUT2D eigenvalue weighted by atomic mass is 10.1. The smallest absolute Gasteiger partial charge is 0.272 e. The van der Waals surface area contributed by atoms with E-state index in [1.807, 2.05) is 54.3 Å². The average molecular weight is 422 g/mol. The predicted octanol–water partition coefficient (Wildman–Crippen LogP) is 2.96. The van der Waals surface area contributed by atoms with Gasteiger partial charge in [0.2, 0.25) is 5.91 Å². The third-order valence-electron chi connectivity index (χ3n) is 5.18. The first-order valence-corrected chi connectivity index (χ1v) is 11.1. The maximum absolute atomic E-state index is 12.9. The van der Waals surface area contributed by atoms with Crippen molar-refractivity contribution in [2.75, 3.05) is 12.0 Å². The van der Waals surface area contributed by atoms with Crippen LogP contribution in [0.2, 0.25) is 0 Å². The maximum Gasteiger partial charge on any atom is 0.272 e. The number of aromatic amines is 1. The molecule has 7 nitrogen and oxygen atoms in total. The minimum atomic E-state index is -0.257. The standard InChI is InChI=1S/C22H23N5O2S/c1-27-19-10-6-5-9-16(19)24-21(27)17(11-12-30-2)23-20(28)13-18-14-7-3-4-8-15(14)22(29)26-25-18/h3-10,17H,11-13H2,1-2H3,(H,23,28)(H,26,29)/t17-/m0/s1. The van der Waals surface area contributed by atoms with Crippen LogP contribution in [0.15, 0.2) is 53.3 Å². The summed E-state index contributed by atoms with van der Waals surface area (Å²) < 4.78 is 2.04. The van der Waals surface area contributed by atoms with Gasteiger partial charge >= 0.3 is 0 Å². The lowest BCUT2D eigenvalue weighted by molar-refractivity contribution is -0.121. The second-order valence-corrected chi connectivity index (χ2v) is 8.13. The normalized spacial score (nSPS) is 12.3. The Morgan fingerprint density at radius 1 is 1.17 bits per heavy atom. The molecule has 1 amide bonds. The van der Waals surface area contributed by atoms with Crippen LogP contribution in [-0.2, 0) is 18.3 Å². The number of amides is 1. The summed E-state index contributed by atoms with van der Waals surface area (Å²) in [6.07, 6.45) is 2.89. The number of benzene rings is 2. The highest BCUT2D eigenvalue weighted by atomic mass is 32.2. The van der Waals surface area contributed by atoms with Crippen LogP contribution in [0, 0.1) is 0 Å². The average Bonchev–Trinajstić information content (AvgIpc) is 3.10. The van der Waals surface area contributed by atoms with Gasteiger partial charge in [0.05, 0.1) is 34.6 Å². The topological polar surface area (TPSA) is 92.7 Å². The van der Waals surface area contributed by atoms with E-state index in [-0.39, 0.29) is 23.9 Å². The van der Waals surface area contributed by atoms with E-state index in [2.05, 4.69) is 15.5 Å². The van der Waals surface area contributed by atoms with Gasteiger partial charge in [-0.3, -0.25) is 9.59 Å². The Kier molecular flexibility index (Phi) is 5.85. The van der Waals surface area contributed by atoms with Crippen LogP contribution in [0.25, 0.3) is 21.8 Å². The number of nitrogens with zero attached hydrogens (tertiary/aromatic N) is 3. The number of para-hydroxylation sites is 2. The van der Waals surface area contributed by atoms with Crippen molar-refractivity contribution >= 4 is 39.5 Å². The quantitative estimate of drug-likeness (QED) is 0.479. The van der Waals surface area contributed by atoms with Crippen LogP contribution < -0.4 is 10.9 Å². The van der Waals surface area contributed by atoms with E-state index in [0.717, 1.165) is 29.0 Å². The van der Waals surface area contributed by atoms with E-state index < -0.39 is 0 Å². The highest BCUT2D eigenvalue weighted by molar-refractivity contribution is 7.98. The fourth-order valence-corrected chi connectivity index (χ4v) is 4.15. The molecule has 0 saturated carbocycles. The Bertz CT molecular complexity index is 1260. The molecule has 0 radical (unpaired) electrons. The van der Waals surface area contributed by atoms with Gasteiger partial charge in [-0.05, 0) is 36.6 Å². The molecule has 0 saturated heterocycles. The summed E-state index contributed by atoms with van der Waals surface area (Å²) in [5.41, 5.74) is 2.24. The van der Waals surface area contributed by atoms with Gasteiger partial charge in [-0.15, -0.1) is 0 Å². The molecule has 30 heavy (non-hydrogen) atoms. The first-order chi connectivity index (χ1) is 14.6. The van der Waals surface area contributed by atoms with Gasteiger partial charge in [0.25, 0.3) is 5.56 Å². The minimum absolute atomic E-state index is 0.0804. The molecular formula is C22H23N5O2S. The van der Waals surface area contributed by atoms with Crippen LogP contribution in [0.3, 0.4) is 0 Å². The van der Waals surface area contributed by atoms with Gasteiger partial charge in [0.15, 0.2) is 0 Å². The molecule has 8 heteroatoms. The zero-order valence-corrected chi connectivity index (χ0v) is 17.7. The molecule has 2 aromatic heterocycles. The van der Waals surface area contributed by atoms with Gasteiger partial charge in [-0.2, -0.15) is 16.9 Å². The minimum Gasteiger partial charge on any atom is -0.346 e. The number of H-pyrrole nitrogens is 1. The molecule has 4 rings (SSSR count). The number of fused-ring (bicyclic) bond motifs is 2. The van der Waals surface area contributed by atoms with Crippen molar-refractivity contribution in [2.45, 2.75) is 18.9 Å². The zero-order chi connectivity index (χ0) is 21.1. The van der Waals surface area contributed by atoms with E-state index in [9.17, 15) is 9.59 Å². The number of aromatic nitrogens is 4. The van der Waals surface area contributed by atoms with Gasteiger partial charge in [0, 0.05) is 12.4 Å². The number of hydrogen-bond acceptors (Lipinski definition) is 5. The van der Waals surface area contributed by atoms with Crippen molar-refractivity contribution in [2.24, 2.45) is 7.05 Å². The lowest BCUT2D eigenvalue weighted by Gasteiger charge is -2.18. The summed E-state index contributed by atoms with van der Waals surface area (Å²) in [6.45, 7) is 0. The number of imidazole rings is 1. The molecule has 0 bridgehead atoms. The number of carbonyl (C=O) groups is 1. The number of hydrogen-bond donors (Lipinski definition) is 2. The van der Waals surface area contributed by atoms with E-state index in [0.29, 0.717) is 16.5 Å². The molecule has 2 aromatic carbocycles. The molecule has 2 N–H and O–H groups in total. The van der Waals surface area contributed by atoms with Crippen LogP contribution in [0.1, 0.15) is 24.0 Å². The lowest BCUT2D eigenvalue weighted by Crippen LogP contribution is -2.32. The second kappa shape index (κ2) is 8.71. The van der Waals surface area contributed by atoms with E-state index in [4.69, 9.17) is 4.98 Å².